The second-order valence-corrected chi connectivity index (χ2v) is 3.56. The number of likely N-dealkylation sites (tertiary alicyclic amines) is 1. The molecule has 0 N–H and O–H groups in total. The molecular formula is C11H19N. The molecule has 0 atom stereocenters. The molecule has 0 aliphatic carbocycles. The summed E-state index contributed by atoms with van der Waals surface area (Å²) in [6.45, 7) is 8.40. The minimum Gasteiger partial charge on any atom is -0.377 e. The Bertz CT molecular complexity index is 164. The van der Waals surface area contributed by atoms with E-state index >= 15 is 0 Å². The Hall–Kier alpha value is -0.720. The van der Waals surface area contributed by atoms with E-state index in [0.29, 0.717) is 0 Å². The molecule has 1 fully saturated rings. The van der Waals surface area contributed by atoms with Crippen molar-refractivity contribution in [3.05, 3.63) is 24.4 Å². The molecule has 1 saturated heterocycles. The van der Waals surface area contributed by atoms with Crippen molar-refractivity contribution < 1.29 is 0 Å². The van der Waals surface area contributed by atoms with Gasteiger partial charge in [0.15, 0.2) is 0 Å². The van der Waals surface area contributed by atoms with Crippen LogP contribution in [-0.2, 0) is 0 Å². The van der Waals surface area contributed by atoms with Crippen molar-refractivity contribution in [3.8, 4) is 0 Å². The quantitative estimate of drug-likeness (QED) is 0.581. The number of hydrogen-bond donors (Lipinski definition) is 0. The summed E-state index contributed by atoms with van der Waals surface area (Å²) in [6, 6.07) is 0. The standard InChI is InChI=1S/C11H19N/c1-3-7-11(2)10-12-8-5-4-6-9-12/h3,10H,1,4-9H2,2H3. The zero-order chi connectivity index (χ0) is 8.81. The monoisotopic (exact) mass is 165 g/mol. The minimum atomic E-state index is 1.02. The third kappa shape index (κ3) is 3.12. The van der Waals surface area contributed by atoms with Crippen LogP contribution in [0.1, 0.15) is 32.6 Å². The molecule has 0 saturated carbocycles. The van der Waals surface area contributed by atoms with Crippen LogP contribution >= 0.6 is 0 Å². The van der Waals surface area contributed by atoms with E-state index in [9.17, 15) is 0 Å². The zero-order valence-electron chi connectivity index (χ0n) is 8.05. The van der Waals surface area contributed by atoms with Gasteiger partial charge in [0.25, 0.3) is 0 Å². The Labute approximate surface area is 75.8 Å². The second-order valence-electron chi connectivity index (χ2n) is 3.56. The third-order valence-corrected chi connectivity index (χ3v) is 2.26. The van der Waals surface area contributed by atoms with Gasteiger partial charge in [-0.2, -0.15) is 0 Å². The van der Waals surface area contributed by atoms with Gasteiger partial charge in [0, 0.05) is 13.1 Å². The molecule has 0 bridgehead atoms. The van der Waals surface area contributed by atoms with E-state index in [2.05, 4.69) is 24.6 Å². The summed E-state index contributed by atoms with van der Waals surface area (Å²) in [5.41, 5.74) is 1.42. The second kappa shape index (κ2) is 5.02. The minimum absolute atomic E-state index is 1.02. The van der Waals surface area contributed by atoms with Gasteiger partial charge in [-0.25, -0.2) is 0 Å². The third-order valence-electron chi connectivity index (χ3n) is 2.26. The Balaban J connectivity index is 2.35. The fourth-order valence-corrected chi connectivity index (χ4v) is 1.64. The van der Waals surface area contributed by atoms with Crippen LogP contribution in [0.25, 0.3) is 0 Å². The first-order valence-corrected chi connectivity index (χ1v) is 4.85. The van der Waals surface area contributed by atoms with Crippen LogP contribution in [0.2, 0.25) is 0 Å². The van der Waals surface area contributed by atoms with Crippen molar-refractivity contribution in [1.82, 2.24) is 4.90 Å². The first-order valence-electron chi connectivity index (χ1n) is 4.85. The largest absolute Gasteiger partial charge is 0.377 e. The molecule has 0 unspecified atom stereocenters. The van der Waals surface area contributed by atoms with Crippen LogP contribution < -0.4 is 0 Å². The lowest BCUT2D eigenvalue weighted by atomic mass is 10.1. The zero-order valence-corrected chi connectivity index (χ0v) is 8.05. The molecular weight excluding hydrogens is 146 g/mol. The van der Waals surface area contributed by atoms with E-state index < -0.39 is 0 Å². The molecule has 1 rings (SSSR count). The fourth-order valence-electron chi connectivity index (χ4n) is 1.64. The van der Waals surface area contributed by atoms with E-state index in [1.165, 1.54) is 37.9 Å². The van der Waals surface area contributed by atoms with Crippen molar-refractivity contribution in [2.45, 2.75) is 32.6 Å². The molecule has 0 aromatic rings. The predicted molar refractivity (Wildman–Crippen MR) is 54.0 cm³/mol. The van der Waals surface area contributed by atoms with Gasteiger partial charge < -0.3 is 4.90 Å². The summed E-state index contributed by atoms with van der Waals surface area (Å²) in [5, 5.41) is 0. The van der Waals surface area contributed by atoms with Gasteiger partial charge in [0.05, 0.1) is 0 Å². The maximum Gasteiger partial charge on any atom is 0.0172 e. The van der Waals surface area contributed by atoms with Crippen LogP contribution in [0.4, 0.5) is 0 Å². The van der Waals surface area contributed by atoms with E-state index in [-0.39, 0.29) is 0 Å². The Kier molecular flexibility index (Phi) is 3.92. The lowest BCUT2D eigenvalue weighted by Gasteiger charge is -2.25. The number of allylic oxidation sites excluding steroid dienone is 2. The van der Waals surface area contributed by atoms with Gasteiger partial charge in [-0.3, -0.25) is 0 Å². The highest BCUT2D eigenvalue weighted by Crippen LogP contribution is 2.11. The van der Waals surface area contributed by atoms with Crippen molar-refractivity contribution in [3.63, 3.8) is 0 Å². The normalized spacial score (nSPS) is 19.4. The molecule has 0 spiro atoms. The molecule has 68 valence electrons. The summed E-state index contributed by atoms with van der Waals surface area (Å²) in [6.07, 6.45) is 9.41. The molecule has 1 heterocycles. The van der Waals surface area contributed by atoms with Crippen molar-refractivity contribution in [2.75, 3.05) is 13.1 Å². The Morgan fingerprint density at radius 2 is 2.00 bits per heavy atom. The lowest BCUT2D eigenvalue weighted by molar-refractivity contribution is 0.307. The number of hydrogen-bond acceptors (Lipinski definition) is 1. The Morgan fingerprint density at radius 1 is 1.33 bits per heavy atom. The van der Waals surface area contributed by atoms with E-state index in [1.54, 1.807) is 0 Å². The van der Waals surface area contributed by atoms with E-state index in [0.717, 1.165) is 6.42 Å². The molecule has 0 aromatic carbocycles. The van der Waals surface area contributed by atoms with Crippen LogP contribution in [0, 0.1) is 0 Å². The number of nitrogens with zero attached hydrogens (tertiary/aromatic N) is 1. The highest BCUT2D eigenvalue weighted by atomic mass is 15.1. The molecule has 1 aliphatic rings. The molecule has 1 heteroatoms. The first kappa shape index (κ1) is 9.37. The van der Waals surface area contributed by atoms with Gasteiger partial charge in [-0.05, 0) is 38.8 Å². The van der Waals surface area contributed by atoms with Crippen LogP contribution in [-0.4, -0.2) is 18.0 Å². The van der Waals surface area contributed by atoms with E-state index in [4.69, 9.17) is 0 Å². The maximum atomic E-state index is 3.73. The van der Waals surface area contributed by atoms with Crippen LogP contribution in [0.15, 0.2) is 24.4 Å². The average Bonchev–Trinajstić information content (AvgIpc) is 2.06. The molecule has 0 aromatic heterocycles. The van der Waals surface area contributed by atoms with Gasteiger partial charge in [-0.15, -0.1) is 6.58 Å². The number of piperidine rings is 1. The van der Waals surface area contributed by atoms with Gasteiger partial charge in [0.1, 0.15) is 0 Å². The Morgan fingerprint density at radius 3 is 2.58 bits per heavy atom. The lowest BCUT2D eigenvalue weighted by Crippen LogP contribution is -2.24. The van der Waals surface area contributed by atoms with Gasteiger partial charge in [0.2, 0.25) is 0 Å². The first-order chi connectivity index (χ1) is 5.83. The smallest absolute Gasteiger partial charge is 0.0172 e. The summed E-state index contributed by atoms with van der Waals surface area (Å²) >= 11 is 0. The molecule has 1 nitrogen and oxygen atoms in total. The molecule has 1 aliphatic heterocycles. The summed E-state index contributed by atoms with van der Waals surface area (Å²) in [7, 11) is 0. The fraction of sp³-hybridized carbons (Fsp3) is 0.636. The van der Waals surface area contributed by atoms with Crippen LogP contribution in [0.3, 0.4) is 0 Å². The highest BCUT2D eigenvalue weighted by molar-refractivity contribution is 5.02. The maximum absolute atomic E-state index is 3.73. The highest BCUT2D eigenvalue weighted by Gasteiger charge is 2.05. The van der Waals surface area contributed by atoms with Crippen LogP contribution in [0.5, 0.6) is 0 Å². The summed E-state index contributed by atoms with van der Waals surface area (Å²) < 4.78 is 0. The van der Waals surface area contributed by atoms with Gasteiger partial charge in [-0.1, -0.05) is 11.6 Å². The summed E-state index contributed by atoms with van der Waals surface area (Å²) in [5.74, 6) is 0. The topological polar surface area (TPSA) is 3.24 Å². The number of rotatable bonds is 3. The SMILES string of the molecule is C=CCC(C)=CN1CCCCC1. The van der Waals surface area contributed by atoms with E-state index in [1.807, 2.05) is 6.08 Å². The summed E-state index contributed by atoms with van der Waals surface area (Å²) in [4.78, 5) is 2.43. The van der Waals surface area contributed by atoms with Gasteiger partial charge >= 0.3 is 0 Å². The molecule has 0 radical (unpaired) electrons. The molecule has 12 heavy (non-hydrogen) atoms. The van der Waals surface area contributed by atoms with Crippen molar-refractivity contribution in [2.24, 2.45) is 0 Å². The molecule has 0 amide bonds. The van der Waals surface area contributed by atoms with Crippen molar-refractivity contribution >= 4 is 0 Å². The predicted octanol–water partition coefficient (Wildman–Crippen LogP) is 2.95. The average molecular weight is 165 g/mol. The van der Waals surface area contributed by atoms with Crippen molar-refractivity contribution in [1.29, 1.82) is 0 Å².